The zero-order valence-electron chi connectivity index (χ0n) is 6.83. The van der Waals surface area contributed by atoms with Gasteiger partial charge in [-0.05, 0) is 42.0 Å². The Morgan fingerprint density at radius 1 is 1.58 bits per heavy atom. The Kier molecular flexibility index (Phi) is 4.92. The molecule has 0 saturated carbocycles. The van der Waals surface area contributed by atoms with Crippen LogP contribution in [0.15, 0.2) is 0 Å². The molecule has 0 radical (unpaired) electrons. The van der Waals surface area contributed by atoms with E-state index in [9.17, 15) is 8.78 Å². The van der Waals surface area contributed by atoms with Gasteiger partial charge in [0.05, 0.1) is 6.54 Å². The summed E-state index contributed by atoms with van der Waals surface area (Å²) >= 11 is 6.91. The lowest BCUT2D eigenvalue weighted by molar-refractivity contribution is 0.119. The van der Waals surface area contributed by atoms with Crippen molar-refractivity contribution < 1.29 is 8.78 Å². The van der Waals surface area contributed by atoms with Crippen LogP contribution in [-0.2, 0) is 0 Å². The lowest BCUT2D eigenvalue weighted by Crippen LogP contribution is -2.42. The monoisotopic (exact) mass is 260 g/mol. The third kappa shape index (κ3) is 8.13. The van der Waals surface area contributed by atoms with Crippen molar-refractivity contribution in [2.45, 2.75) is 24.7 Å². The number of alkyl halides is 3. The third-order valence-electron chi connectivity index (χ3n) is 0.869. The topological polar surface area (TPSA) is 24.1 Å². The van der Waals surface area contributed by atoms with Crippen LogP contribution in [0.25, 0.3) is 0 Å². The number of hydrogen-bond donors (Lipinski definition) is 2. The first-order chi connectivity index (χ1) is 5.31. The summed E-state index contributed by atoms with van der Waals surface area (Å²) in [6.45, 7) is 3.24. The predicted molar refractivity (Wildman–Crippen MR) is 52.7 cm³/mol. The van der Waals surface area contributed by atoms with Crippen molar-refractivity contribution >= 4 is 33.3 Å². The molecule has 0 aliphatic heterocycles. The van der Waals surface area contributed by atoms with Crippen LogP contribution in [0.2, 0.25) is 0 Å². The van der Waals surface area contributed by atoms with Crippen molar-refractivity contribution in [1.82, 2.24) is 10.6 Å². The lowest BCUT2D eigenvalue weighted by atomic mass is 10.4. The Morgan fingerprint density at radius 3 is 2.42 bits per heavy atom. The molecule has 0 spiro atoms. The van der Waals surface area contributed by atoms with Gasteiger partial charge in [0, 0.05) is 6.04 Å². The number of nitrogens with one attached hydrogen (secondary N) is 2. The molecule has 0 saturated heterocycles. The molecule has 0 atom stereocenters. The summed E-state index contributed by atoms with van der Waals surface area (Å²) in [4.78, 5) is -2.91. The SMILES string of the molecule is CC(C)NC(=S)NCC(F)(F)Br. The number of hydrogen-bond acceptors (Lipinski definition) is 1. The van der Waals surface area contributed by atoms with Crippen molar-refractivity contribution in [2.75, 3.05) is 6.54 Å². The van der Waals surface area contributed by atoms with E-state index in [1.54, 1.807) is 0 Å². The zero-order valence-corrected chi connectivity index (χ0v) is 9.23. The second-order valence-electron chi connectivity index (χ2n) is 2.60. The van der Waals surface area contributed by atoms with E-state index in [1.807, 2.05) is 13.8 Å². The summed E-state index contributed by atoms with van der Waals surface area (Å²) < 4.78 is 24.4. The highest BCUT2D eigenvalue weighted by atomic mass is 79.9. The Morgan fingerprint density at radius 2 is 2.08 bits per heavy atom. The third-order valence-corrected chi connectivity index (χ3v) is 1.41. The molecule has 0 aliphatic carbocycles. The van der Waals surface area contributed by atoms with Crippen molar-refractivity contribution in [1.29, 1.82) is 0 Å². The normalized spacial score (nSPS) is 11.5. The first-order valence-electron chi connectivity index (χ1n) is 3.42. The van der Waals surface area contributed by atoms with Crippen LogP contribution in [0.3, 0.4) is 0 Å². The fraction of sp³-hybridized carbons (Fsp3) is 0.833. The highest BCUT2D eigenvalue weighted by Crippen LogP contribution is 2.19. The first-order valence-corrected chi connectivity index (χ1v) is 4.62. The molecule has 2 nitrogen and oxygen atoms in total. The minimum Gasteiger partial charge on any atom is -0.361 e. The quantitative estimate of drug-likeness (QED) is 0.599. The van der Waals surface area contributed by atoms with Crippen molar-refractivity contribution in [3.05, 3.63) is 0 Å². The highest BCUT2D eigenvalue weighted by Gasteiger charge is 2.23. The molecule has 0 aliphatic rings. The van der Waals surface area contributed by atoms with Gasteiger partial charge in [0.1, 0.15) is 0 Å². The van der Waals surface area contributed by atoms with Crippen LogP contribution >= 0.6 is 28.1 Å². The van der Waals surface area contributed by atoms with E-state index in [0.29, 0.717) is 0 Å². The summed E-state index contributed by atoms with van der Waals surface area (Å²) in [5, 5.41) is 5.40. The minimum absolute atomic E-state index is 0.147. The fourth-order valence-electron chi connectivity index (χ4n) is 0.494. The van der Waals surface area contributed by atoms with E-state index in [-0.39, 0.29) is 11.2 Å². The Bertz CT molecular complexity index is 158. The van der Waals surface area contributed by atoms with Crippen LogP contribution in [0.5, 0.6) is 0 Å². The molecular formula is C6H11BrF2N2S. The van der Waals surface area contributed by atoms with Gasteiger partial charge in [-0.25, -0.2) is 0 Å². The molecular weight excluding hydrogens is 250 g/mol. The molecule has 0 unspecified atom stereocenters. The van der Waals surface area contributed by atoms with Gasteiger partial charge in [-0.1, -0.05) is 0 Å². The van der Waals surface area contributed by atoms with Gasteiger partial charge in [-0.15, -0.1) is 0 Å². The smallest absolute Gasteiger partial charge is 0.318 e. The summed E-state index contributed by atoms with van der Waals surface area (Å²) in [6, 6.07) is 0.147. The molecule has 0 rings (SSSR count). The summed E-state index contributed by atoms with van der Waals surface area (Å²) in [6.07, 6.45) is 0. The largest absolute Gasteiger partial charge is 0.361 e. The average Bonchev–Trinajstić information content (AvgIpc) is 1.80. The molecule has 6 heteroatoms. The Hall–Kier alpha value is 0.0300. The van der Waals surface area contributed by atoms with E-state index in [4.69, 9.17) is 12.2 Å². The zero-order chi connectivity index (χ0) is 9.78. The van der Waals surface area contributed by atoms with Gasteiger partial charge < -0.3 is 10.6 Å². The van der Waals surface area contributed by atoms with Crippen LogP contribution < -0.4 is 10.6 Å². The first kappa shape index (κ1) is 12.0. The molecule has 0 aromatic heterocycles. The molecule has 2 N–H and O–H groups in total. The van der Waals surface area contributed by atoms with Crippen molar-refractivity contribution in [3.8, 4) is 0 Å². The maximum atomic E-state index is 12.2. The van der Waals surface area contributed by atoms with Crippen LogP contribution in [0.1, 0.15) is 13.8 Å². The van der Waals surface area contributed by atoms with Gasteiger partial charge >= 0.3 is 4.83 Å². The fourth-order valence-corrected chi connectivity index (χ4v) is 0.942. The van der Waals surface area contributed by atoms with E-state index in [1.165, 1.54) is 0 Å². The van der Waals surface area contributed by atoms with Crippen molar-refractivity contribution in [2.24, 2.45) is 0 Å². The average molecular weight is 261 g/mol. The van der Waals surface area contributed by atoms with E-state index < -0.39 is 11.4 Å². The maximum absolute atomic E-state index is 12.2. The lowest BCUT2D eigenvalue weighted by Gasteiger charge is -2.15. The number of thiocarbonyl (C=S) groups is 1. The predicted octanol–water partition coefficient (Wildman–Crippen LogP) is 1.85. The molecule has 0 fully saturated rings. The van der Waals surface area contributed by atoms with Crippen molar-refractivity contribution in [3.63, 3.8) is 0 Å². The summed E-state index contributed by atoms with van der Waals surface area (Å²) in [5.41, 5.74) is 0. The van der Waals surface area contributed by atoms with Gasteiger partial charge in [0.25, 0.3) is 0 Å². The van der Waals surface area contributed by atoms with Gasteiger partial charge in [-0.2, -0.15) is 8.78 Å². The van der Waals surface area contributed by atoms with E-state index >= 15 is 0 Å². The molecule has 72 valence electrons. The molecule has 0 bridgehead atoms. The van der Waals surface area contributed by atoms with Gasteiger partial charge in [0.15, 0.2) is 5.11 Å². The van der Waals surface area contributed by atoms with Crippen LogP contribution in [-0.4, -0.2) is 22.5 Å². The second-order valence-corrected chi connectivity index (χ2v) is 4.17. The molecule has 0 amide bonds. The molecule has 0 heterocycles. The van der Waals surface area contributed by atoms with Gasteiger partial charge in [-0.3, -0.25) is 0 Å². The van der Waals surface area contributed by atoms with Crippen LogP contribution in [0, 0.1) is 0 Å². The molecule has 12 heavy (non-hydrogen) atoms. The van der Waals surface area contributed by atoms with E-state index in [2.05, 4.69) is 26.6 Å². The molecule has 0 aromatic rings. The number of halogens is 3. The minimum atomic E-state index is -2.91. The standard InChI is InChI=1S/C6H11BrF2N2S/c1-4(2)11-5(12)10-3-6(7,8)9/h4H,3H2,1-2H3,(H2,10,11,12). The Balaban J connectivity index is 3.58. The van der Waals surface area contributed by atoms with Gasteiger partial charge in [0.2, 0.25) is 0 Å². The highest BCUT2D eigenvalue weighted by molar-refractivity contribution is 9.10. The maximum Gasteiger partial charge on any atom is 0.318 e. The molecule has 0 aromatic carbocycles. The summed E-state index contributed by atoms with van der Waals surface area (Å²) in [7, 11) is 0. The second kappa shape index (κ2) is 4.91. The summed E-state index contributed by atoms with van der Waals surface area (Å²) in [5.74, 6) is 0. The Labute approximate surface area is 84.2 Å². The van der Waals surface area contributed by atoms with E-state index in [0.717, 1.165) is 0 Å². The van der Waals surface area contributed by atoms with Crippen LogP contribution in [0.4, 0.5) is 8.78 Å². The number of rotatable bonds is 3.